The van der Waals surface area contributed by atoms with Gasteiger partial charge in [0.1, 0.15) is 29.1 Å². The van der Waals surface area contributed by atoms with Gasteiger partial charge >= 0.3 is 0 Å². The number of carbonyl (C=O) groups is 1. The van der Waals surface area contributed by atoms with Crippen molar-refractivity contribution in [2.24, 2.45) is 5.10 Å². The Morgan fingerprint density at radius 2 is 2.07 bits per heavy atom. The van der Waals surface area contributed by atoms with E-state index in [1.807, 2.05) is 24.3 Å². The molecule has 1 atom stereocenters. The van der Waals surface area contributed by atoms with Gasteiger partial charge in [0, 0.05) is 6.42 Å². The van der Waals surface area contributed by atoms with Crippen LogP contribution in [-0.2, 0) is 4.79 Å². The number of hydrazone groups is 1. The van der Waals surface area contributed by atoms with Crippen molar-refractivity contribution in [1.29, 1.82) is 0 Å². The van der Waals surface area contributed by atoms with E-state index in [1.54, 1.807) is 25.5 Å². The first-order valence-electron chi connectivity index (χ1n) is 9.20. The van der Waals surface area contributed by atoms with Crippen molar-refractivity contribution in [3.05, 3.63) is 83.0 Å². The van der Waals surface area contributed by atoms with Gasteiger partial charge in [-0.05, 0) is 60.2 Å². The van der Waals surface area contributed by atoms with Gasteiger partial charge in [-0.15, -0.1) is 0 Å². The smallest absolute Gasteiger partial charge is 0.281 e. The minimum Gasteiger partial charge on any atom is -0.497 e. The fourth-order valence-corrected chi connectivity index (χ4v) is 3.42. The Morgan fingerprint density at radius 1 is 1.27 bits per heavy atom. The van der Waals surface area contributed by atoms with E-state index in [9.17, 15) is 9.18 Å². The summed E-state index contributed by atoms with van der Waals surface area (Å²) in [6.45, 7) is -0.304. The lowest BCUT2D eigenvalue weighted by Gasteiger charge is -2.20. The molecule has 4 rings (SSSR count). The van der Waals surface area contributed by atoms with Crippen molar-refractivity contribution >= 4 is 23.2 Å². The van der Waals surface area contributed by atoms with Crippen LogP contribution in [-0.4, -0.2) is 30.3 Å². The van der Waals surface area contributed by atoms with Crippen LogP contribution in [0, 0.1) is 5.82 Å². The van der Waals surface area contributed by atoms with Gasteiger partial charge in [-0.3, -0.25) is 4.79 Å². The van der Waals surface area contributed by atoms with Gasteiger partial charge in [0.15, 0.2) is 6.61 Å². The fourth-order valence-electron chi connectivity index (χ4n) is 3.20. The summed E-state index contributed by atoms with van der Waals surface area (Å²) in [6.07, 6.45) is 2.04. The second-order valence-electron chi connectivity index (χ2n) is 6.61. The molecular weight excluding hydrogens is 411 g/mol. The average Bonchev–Trinajstić information content (AvgIpc) is 3.43. The number of hydrogen-bond donors (Lipinski definition) is 0. The maximum atomic E-state index is 13.2. The standard InChI is InChI=1S/C22H18ClFN2O4/c1-28-16-7-4-14(5-8-16)18-12-19(21-3-2-10-29-21)26(25-18)22(27)13-30-20-9-6-15(24)11-17(20)23/h2-11,19H,12-13H2,1H3. The molecule has 0 saturated carbocycles. The molecule has 0 radical (unpaired) electrons. The topological polar surface area (TPSA) is 64.3 Å². The zero-order valence-corrected chi connectivity index (χ0v) is 16.8. The van der Waals surface area contributed by atoms with E-state index in [4.69, 9.17) is 25.5 Å². The number of carbonyl (C=O) groups excluding carboxylic acids is 1. The second kappa shape index (κ2) is 8.59. The van der Waals surface area contributed by atoms with Gasteiger partial charge in [0.2, 0.25) is 0 Å². The Morgan fingerprint density at radius 3 is 2.73 bits per heavy atom. The zero-order chi connectivity index (χ0) is 21.1. The van der Waals surface area contributed by atoms with Crippen molar-refractivity contribution in [1.82, 2.24) is 5.01 Å². The minimum atomic E-state index is -0.482. The molecule has 0 spiro atoms. The van der Waals surface area contributed by atoms with Crippen LogP contribution in [0.15, 0.2) is 70.4 Å². The predicted molar refractivity (Wildman–Crippen MR) is 109 cm³/mol. The lowest BCUT2D eigenvalue weighted by molar-refractivity contribution is -0.135. The van der Waals surface area contributed by atoms with Crippen LogP contribution in [0.2, 0.25) is 5.02 Å². The SMILES string of the molecule is COc1ccc(C2=NN(C(=O)COc3ccc(F)cc3Cl)C(c3ccco3)C2)cc1. The highest BCUT2D eigenvalue weighted by Crippen LogP contribution is 2.33. The molecule has 0 saturated heterocycles. The molecule has 0 fully saturated rings. The van der Waals surface area contributed by atoms with Gasteiger partial charge in [-0.2, -0.15) is 5.10 Å². The lowest BCUT2D eigenvalue weighted by Crippen LogP contribution is -2.31. The second-order valence-corrected chi connectivity index (χ2v) is 7.02. The highest BCUT2D eigenvalue weighted by molar-refractivity contribution is 6.32. The third-order valence-electron chi connectivity index (χ3n) is 4.71. The number of halogens is 2. The first-order chi connectivity index (χ1) is 14.5. The molecule has 0 aliphatic carbocycles. The number of methoxy groups -OCH3 is 1. The van der Waals surface area contributed by atoms with E-state index in [0.717, 1.165) is 23.1 Å². The van der Waals surface area contributed by atoms with E-state index in [0.29, 0.717) is 12.2 Å². The average molecular weight is 429 g/mol. The van der Waals surface area contributed by atoms with Crippen LogP contribution >= 0.6 is 11.6 Å². The normalized spacial score (nSPS) is 15.8. The van der Waals surface area contributed by atoms with E-state index < -0.39 is 11.9 Å². The molecule has 30 heavy (non-hydrogen) atoms. The van der Waals surface area contributed by atoms with Gasteiger partial charge in [0.25, 0.3) is 5.91 Å². The Bertz CT molecular complexity index is 1070. The molecule has 3 aromatic rings. The van der Waals surface area contributed by atoms with E-state index in [1.165, 1.54) is 17.1 Å². The molecule has 1 aliphatic heterocycles. The molecule has 1 amide bonds. The largest absolute Gasteiger partial charge is 0.497 e. The Labute approximate surface area is 177 Å². The molecule has 1 unspecified atom stereocenters. The summed E-state index contributed by atoms with van der Waals surface area (Å²) in [5.74, 6) is 0.720. The molecule has 1 aromatic heterocycles. The van der Waals surface area contributed by atoms with Crippen LogP contribution in [0.3, 0.4) is 0 Å². The van der Waals surface area contributed by atoms with Crippen LogP contribution < -0.4 is 9.47 Å². The summed E-state index contributed by atoms with van der Waals surface area (Å²) in [4.78, 5) is 12.9. The first kappa shape index (κ1) is 20.0. The quantitative estimate of drug-likeness (QED) is 0.563. The third-order valence-corrected chi connectivity index (χ3v) is 5.00. The molecule has 2 heterocycles. The van der Waals surface area contributed by atoms with Crippen molar-refractivity contribution in [2.75, 3.05) is 13.7 Å². The van der Waals surface area contributed by atoms with Crippen molar-refractivity contribution in [2.45, 2.75) is 12.5 Å². The van der Waals surface area contributed by atoms with E-state index in [-0.39, 0.29) is 23.3 Å². The van der Waals surface area contributed by atoms with Crippen molar-refractivity contribution in [3.8, 4) is 11.5 Å². The lowest BCUT2D eigenvalue weighted by atomic mass is 10.0. The van der Waals surface area contributed by atoms with E-state index >= 15 is 0 Å². The summed E-state index contributed by atoms with van der Waals surface area (Å²) in [5.41, 5.74) is 1.62. The number of benzene rings is 2. The van der Waals surface area contributed by atoms with Crippen LogP contribution in [0.1, 0.15) is 23.8 Å². The molecule has 6 nitrogen and oxygen atoms in total. The number of furan rings is 1. The number of hydrogen-bond acceptors (Lipinski definition) is 5. The summed E-state index contributed by atoms with van der Waals surface area (Å²) in [6, 6.07) is 14.3. The fraction of sp³-hybridized carbons (Fsp3) is 0.182. The number of nitrogens with zero attached hydrogens (tertiary/aromatic N) is 2. The van der Waals surface area contributed by atoms with Crippen LogP contribution in [0.5, 0.6) is 11.5 Å². The number of ether oxygens (including phenoxy) is 2. The first-order valence-corrected chi connectivity index (χ1v) is 9.58. The highest BCUT2D eigenvalue weighted by atomic mass is 35.5. The molecule has 0 bridgehead atoms. The van der Waals surface area contributed by atoms with Crippen LogP contribution in [0.4, 0.5) is 4.39 Å². The summed E-state index contributed by atoms with van der Waals surface area (Å²) in [7, 11) is 1.60. The number of rotatable bonds is 6. The van der Waals surface area contributed by atoms with Gasteiger partial charge in [0.05, 0.1) is 24.1 Å². The highest BCUT2D eigenvalue weighted by Gasteiger charge is 2.35. The monoisotopic (exact) mass is 428 g/mol. The zero-order valence-electron chi connectivity index (χ0n) is 16.0. The van der Waals surface area contributed by atoms with Gasteiger partial charge < -0.3 is 13.9 Å². The summed E-state index contributed by atoms with van der Waals surface area (Å²) < 4.78 is 29.4. The third kappa shape index (κ3) is 4.16. The predicted octanol–water partition coefficient (Wildman–Crippen LogP) is 4.84. The van der Waals surface area contributed by atoms with Gasteiger partial charge in [-0.1, -0.05) is 11.6 Å². The number of amides is 1. The maximum Gasteiger partial charge on any atom is 0.281 e. The van der Waals surface area contributed by atoms with Crippen LogP contribution in [0.25, 0.3) is 0 Å². The molecule has 1 aliphatic rings. The molecule has 154 valence electrons. The van der Waals surface area contributed by atoms with Crippen molar-refractivity contribution in [3.63, 3.8) is 0 Å². The Hall–Kier alpha value is -3.32. The summed E-state index contributed by atoms with van der Waals surface area (Å²) >= 11 is 5.97. The van der Waals surface area contributed by atoms with Crippen molar-refractivity contribution < 1.29 is 23.1 Å². The summed E-state index contributed by atoms with van der Waals surface area (Å²) in [5, 5.41) is 5.98. The molecule has 8 heteroatoms. The molecule has 2 aromatic carbocycles. The maximum absolute atomic E-state index is 13.2. The van der Waals surface area contributed by atoms with E-state index in [2.05, 4.69) is 5.10 Å². The van der Waals surface area contributed by atoms with Gasteiger partial charge in [-0.25, -0.2) is 9.40 Å². The Balaban J connectivity index is 1.55. The molecular formula is C22H18ClFN2O4. The minimum absolute atomic E-state index is 0.0919. The molecule has 0 N–H and O–H groups in total. The Kier molecular flexibility index (Phi) is 5.72.